The second-order valence-electron chi connectivity index (χ2n) is 10.2. The molecule has 0 radical (unpaired) electrons. The zero-order valence-corrected chi connectivity index (χ0v) is 19.9. The van der Waals surface area contributed by atoms with Gasteiger partial charge in [-0.1, -0.05) is 12.5 Å². The third-order valence-electron chi connectivity index (χ3n) is 6.48. The van der Waals surface area contributed by atoms with Gasteiger partial charge >= 0.3 is 6.09 Å². The van der Waals surface area contributed by atoms with Gasteiger partial charge in [-0.15, -0.1) is 0 Å². The smallest absolute Gasteiger partial charge is 0.419 e. The molecule has 0 unspecified atom stereocenters. The number of halogens is 1. The summed E-state index contributed by atoms with van der Waals surface area (Å²) in [6.07, 6.45) is 3.20. The van der Waals surface area contributed by atoms with E-state index in [0.717, 1.165) is 25.0 Å². The highest BCUT2D eigenvalue weighted by Gasteiger charge is 2.30. The number of likely N-dealkylation sites (tertiary alicyclic amines) is 1. The van der Waals surface area contributed by atoms with Crippen LogP contribution in [0.1, 0.15) is 61.5 Å². The van der Waals surface area contributed by atoms with Crippen molar-refractivity contribution < 1.29 is 18.7 Å². The molecular formula is C27H30FN3O3. The van der Waals surface area contributed by atoms with Crippen LogP contribution in [-0.4, -0.2) is 40.2 Å². The Balaban J connectivity index is 1.64. The van der Waals surface area contributed by atoms with E-state index in [1.807, 2.05) is 39.0 Å². The minimum absolute atomic E-state index is 0.139. The molecule has 1 amide bonds. The van der Waals surface area contributed by atoms with Crippen LogP contribution >= 0.6 is 0 Å². The molecular weight excluding hydrogens is 433 g/mol. The molecule has 3 heterocycles. The van der Waals surface area contributed by atoms with Gasteiger partial charge in [0.25, 0.3) is 5.91 Å². The molecule has 2 aliphatic rings. The van der Waals surface area contributed by atoms with Gasteiger partial charge in [-0.05, 0) is 82.6 Å². The monoisotopic (exact) mass is 463 g/mol. The summed E-state index contributed by atoms with van der Waals surface area (Å²) in [4.78, 5) is 28.4. The van der Waals surface area contributed by atoms with Gasteiger partial charge in [-0.2, -0.15) is 0 Å². The van der Waals surface area contributed by atoms with Gasteiger partial charge < -0.3 is 10.1 Å². The predicted octanol–water partition coefficient (Wildman–Crippen LogP) is 5.46. The molecule has 0 spiro atoms. The van der Waals surface area contributed by atoms with Gasteiger partial charge in [-0.3, -0.25) is 9.69 Å². The normalized spacial score (nSPS) is 16.5. The summed E-state index contributed by atoms with van der Waals surface area (Å²) in [6.45, 7) is 8.64. The average Bonchev–Trinajstić information content (AvgIpc) is 3.35. The number of hydrogen-bond donors (Lipinski definition) is 1. The zero-order valence-electron chi connectivity index (χ0n) is 19.9. The van der Waals surface area contributed by atoms with Crippen molar-refractivity contribution in [2.75, 3.05) is 13.1 Å². The maximum Gasteiger partial charge on any atom is 0.419 e. The Hall–Kier alpha value is -3.19. The molecule has 1 aromatic heterocycles. The first-order valence-electron chi connectivity index (χ1n) is 11.9. The van der Waals surface area contributed by atoms with E-state index < -0.39 is 17.5 Å². The molecule has 34 heavy (non-hydrogen) atoms. The van der Waals surface area contributed by atoms with Crippen LogP contribution in [0.3, 0.4) is 0 Å². The van der Waals surface area contributed by atoms with Crippen LogP contribution in [-0.2, 0) is 17.8 Å². The average molecular weight is 464 g/mol. The number of benzene rings is 2. The molecule has 0 bridgehead atoms. The van der Waals surface area contributed by atoms with Gasteiger partial charge in [-0.25, -0.2) is 13.8 Å². The standard InChI is InChI=1S/C27H30FN3O3/c1-27(2,3)34-26(33)31-22-10-7-17(16-30-11-5-4-6-12-30)13-18(22)14-23(31)19-8-9-21(28)20-15-29-25(32)24(19)20/h7-10,13-14H,4-6,11-12,15-16H2,1-3H3,(H,29,32). The Morgan fingerprint density at radius 2 is 1.85 bits per heavy atom. The lowest BCUT2D eigenvalue weighted by molar-refractivity contribution is 0.0547. The molecule has 1 N–H and O–H groups in total. The van der Waals surface area contributed by atoms with Crippen LogP contribution in [0.4, 0.5) is 9.18 Å². The highest BCUT2D eigenvalue weighted by Crippen LogP contribution is 2.35. The van der Waals surface area contributed by atoms with Gasteiger partial charge in [0.2, 0.25) is 0 Å². The van der Waals surface area contributed by atoms with Gasteiger partial charge in [0, 0.05) is 29.6 Å². The molecule has 0 atom stereocenters. The first-order chi connectivity index (χ1) is 16.2. The molecule has 2 aromatic carbocycles. The maximum absolute atomic E-state index is 14.4. The maximum atomic E-state index is 14.4. The van der Waals surface area contributed by atoms with E-state index in [-0.39, 0.29) is 18.0 Å². The summed E-state index contributed by atoms with van der Waals surface area (Å²) in [5.41, 5.74) is 2.82. The number of ether oxygens (including phenoxy) is 1. The molecule has 5 rings (SSSR count). The second-order valence-corrected chi connectivity index (χ2v) is 10.2. The number of amides is 1. The van der Waals surface area contributed by atoms with E-state index in [4.69, 9.17) is 4.74 Å². The third-order valence-corrected chi connectivity index (χ3v) is 6.48. The number of piperidine rings is 1. The molecule has 0 aliphatic carbocycles. The van der Waals surface area contributed by atoms with E-state index in [2.05, 4.69) is 16.3 Å². The van der Waals surface area contributed by atoms with Crippen molar-refractivity contribution in [2.45, 2.75) is 58.7 Å². The highest BCUT2D eigenvalue weighted by molar-refractivity contribution is 6.06. The molecule has 1 fully saturated rings. The Kier molecular flexibility index (Phi) is 5.68. The number of rotatable bonds is 3. The van der Waals surface area contributed by atoms with Gasteiger partial charge in [0.15, 0.2) is 0 Å². The summed E-state index contributed by atoms with van der Waals surface area (Å²) < 4.78 is 21.6. The highest BCUT2D eigenvalue weighted by atomic mass is 19.1. The largest absolute Gasteiger partial charge is 0.443 e. The zero-order chi connectivity index (χ0) is 24.0. The summed E-state index contributed by atoms with van der Waals surface area (Å²) in [6, 6.07) is 10.9. The van der Waals surface area contributed by atoms with E-state index >= 15 is 0 Å². The van der Waals surface area contributed by atoms with Crippen LogP contribution < -0.4 is 5.32 Å². The van der Waals surface area contributed by atoms with Crippen LogP contribution in [0.25, 0.3) is 22.2 Å². The summed E-state index contributed by atoms with van der Waals surface area (Å²) in [5.74, 6) is -0.767. The molecule has 178 valence electrons. The predicted molar refractivity (Wildman–Crippen MR) is 129 cm³/mol. The van der Waals surface area contributed by atoms with Crippen molar-refractivity contribution in [3.8, 4) is 11.3 Å². The minimum Gasteiger partial charge on any atom is -0.443 e. The Bertz CT molecular complexity index is 1280. The van der Waals surface area contributed by atoms with Crippen LogP contribution in [0.2, 0.25) is 0 Å². The van der Waals surface area contributed by atoms with Gasteiger partial charge in [0.1, 0.15) is 11.4 Å². The summed E-state index contributed by atoms with van der Waals surface area (Å²) in [5, 5.41) is 3.58. The van der Waals surface area contributed by atoms with E-state index in [1.54, 1.807) is 6.07 Å². The van der Waals surface area contributed by atoms with Crippen molar-refractivity contribution >= 4 is 22.9 Å². The quantitative estimate of drug-likeness (QED) is 0.560. The van der Waals surface area contributed by atoms with Crippen molar-refractivity contribution in [3.63, 3.8) is 0 Å². The number of hydrogen-bond acceptors (Lipinski definition) is 4. The second kappa shape index (κ2) is 8.55. The number of carbonyl (C=O) groups is 2. The lowest BCUT2D eigenvalue weighted by atomic mass is 9.99. The third kappa shape index (κ3) is 4.20. The van der Waals surface area contributed by atoms with E-state index in [0.29, 0.717) is 22.3 Å². The Morgan fingerprint density at radius 3 is 2.59 bits per heavy atom. The first kappa shape index (κ1) is 22.6. The fourth-order valence-corrected chi connectivity index (χ4v) is 4.97. The number of carbonyl (C=O) groups excluding carboxylic acids is 2. The van der Waals surface area contributed by atoms with Crippen LogP contribution in [0, 0.1) is 5.82 Å². The first-order valence-corrected chi connectivity index (χ1v) is 11.9. The van der Waals surface area contributed by atoms with Gasteiger partial charge in [0.05, 0.1) is 16.8 Å². The SMILES string of the molecule is CC(C)(C)OC(=O)n1c(-c2ccc(F)c3c2C(=O)NC3)cc2cc(CN3CCCCC3)ccc21. The van der Waals surface area contributed by atoms with Crippen molar-refractivity contribution in [1.29, 1.82) is 0 Å². The fraction of sp³-hybridized carbons (Fsp3) is 0.407. The number of fused-ring (bicyclic) bond motifs is 2. The molecule has 0 saturated carbocycles. The van der Waals surface area contributed by atoms with Crippen molar-refractivity contribution in [3.05, 3.63) is 58.9 Å². The number of aromatic nitrogens is 1. The lowest BCUT2D eigenvalue weighted by Crippen LogP contribution is -2.29. The summed E-state index contributed by atoms with van der Waals surface area (Å²) >= 11 is 0. The Labute approximate surface area is 198 Å². The molecule has 7 heteroatoms. The van der Waals surface area contributed by atoms with E-state index in [1.165, 1.54) is 35.5 Å². The number of nitrogens with zero attached hydrogens (tertiary/aromatic N) is 2. The Morgan fingerprint density at radius 1 is 1.09 bits per heavy atom. The van der Waals surface area contributed by atoms with E-state index in [9.17, 15) is 14.0 Å². The van der Waals surface area contributed by atoms with Crippen LogP contribution in [0.5, 0.6) is 0 Å². The minimum atomic E-state index is -0.693. The summed E-state index contributed by atoms with van der Waals surface area (Å²) in [7, 11) is 0. The lowest BCUT2D eigenvalue weighted by Gasteiger charge is -2.26. The molecule has 6 nitrogen and oxygen atoms in total. The molecule has 2 aliphatic heterocycles. The molecule has 3 aromatic rings. The topological polar surface area (TPSA) is 63.6 Å². The molecule has 1 saturated heterocycles. The number of nitrogens with one attached hydrogen (secondary N) is 1. The van der Waals surface area contributed by atoms with Crippen molar-refractivity contribution in [1.82, 2.24) is 14.8 Å². The van der Waals surface area contributed by atoms with Crippen molar-refractivity contribution in [2.24, 2.45) is 0 Å². The van der Waals surface area contributed by atoms with Crippen LogP contribution in [0.15, 0.2) is 36.4 Å². The fourth-order valence-electron chi connectivity index (χ4n) is 4.97.